The molecule has 2 bridgehead atoms. The SMILES string of the molecule is CCOc1ccc(NC(=O)[C@@H]2[C@H]3C(=O)N(CCO)C(C(=O)Nc4c(C)cccc4Cl)C34CC[C@H]2O4)cc1. The molecular weight excluding hydrogens is 498 g/mol. The molecule has 196 valence electrons. The maximum Gasteiger partial charge on any atom is 0.250 e. The van der Waals surface area contributed by atoms with Gasteiger partial charge in [-0.05, 0) is 62.6 Å². The van der Waals surface area contributed by atoms with Gasteiger partial charge in [-0.25, -0.2) is 0 Å². The average Bonchev–Trinajstić information content (AvgIpc) is 3.51. The number of aryl methyl sites for hydroxylation is 1. The van der Waals surface area contributed by atoms with Crippen molar-refractivity contribution < 1.29 is 29.0 Å². The summed E-state index contributed by atoms with van der Waals surface area (Å²) in [5.74, 6) is -2.04. The lowest BCUT2D eigenvalue weighted by Crippen LogP contribution is -2.53. The van der Waals surface area contributed by atoms with Crippen LogP contribution in [0.1, 0.15) is 25.3 Å². The average molecular weight is 528 g/mol. The number of fused-ring (bicyclic) bond motifs is 1. The molecule has 3 saturated heterocycles. The summed E-state index contributed by atoms with van der Waals surface area (Å²) in [6, 6.07) is 11.3. The Hall–Kier alpha value is -3.14. The van der Waals surface area contributed by atoms with E-state index < -0.39 is 35.5 Å². The number of carbonyl (C=O) groups is 3. The summed E-state index contributed by atoms with van der Waals surface area (Å²) in [6.45, 7) is 3.89. The Morgan fingerprint density at radius 2 is 1.95 bits per heavy atom. The molecule has 37 heavy (non-hydrogen) atoms. The van der Waals surface area contributed by atoms with Crippen LogP contribution in [0.15, 0.2) is 42.5 Å². The fourth-order valence-corrected chi connectivity index (χ4v) is 6.38. The zero-order valence-corrected chi connectivity index (χ0v) is 21.5. The second-order valence-electron chi connectivity index (χ2n) is 9.68. The molecule has 0 aromatic heterocycles. The molecule has 3 N–H and O–H groups in total. The molecule has 9 nitrogen and oxygen atoms in total. The molecule has 2 unspecified atom stereocenters. The van der Waals surface area contributed by atoms with Crippen molar-refractivity contribution in [2.24, 2.45) is 11.8 Å². The van der Waals surface area contributed by atoms with E-state index in [9.17, 15) is 19.5 Å². The van der Waals surface area contributed by atoms with Crippen LogP contribution in [0.25, 0.3) is 0 Å². The molecule has 3 fully saturated rings. The molecule has 2 aromatic rings. The van der Waals surface area contributed by atoms with E-state index in [0.29, 0.717) is 41.6 Å². The van der Waals surface area contributed by atoms with Gasteiger partial charge in [-0.15, -0.1) is 0 Å². The van der Waals surface area contributed by atoms with Gasteiger partial charge >= 0.3 is 0 Å². The molecule has 3 heterocycles. The number of carbonyl (C=O) groups excluding carboxylic acids is 3. The van der Waals surface area contributed by atoms with E-state index >= 15 is 0 Å². The van der Waals surface area contributed by atoms with Gasteiger partial charge in [0.25, 0.3) is 0 Å². The topological polar surface area (TPSA) is 117 Å². The Morgan fingerprint density at radius 1 is 1.19 bits per heavy atom. The maximum absolute atomic E-state index is 13.7. The highest BCUT2D eigenvalue weighted by Crippen LogP contribution is 2.58. The third-order valence-electron chi connectivity index (χ3n) is 7.60. The van der Waals surface area contributed by atoms with E-state index in [1.165, 1.54) is 4.90 Å². The Bertz CT molecular complexity index is 1200. The number of amides is 3. The number of nitrogens with zero attached hydrogens (tertiary/aromatic N) is 1. The van der Waals surface area contributed by atoms with Gasteiger partial charge in [0.2, 0.25) is 17.7 Å². The van der Waals surface area contributed by atoms with Gasteiger partial charge in [-0.1, -0.05) is 23.7 Å². The smallest absolute Gasteiger partial charge is 0.250 e. The number of aliphatic hydroxyl groups excluding tert-OH is 1. The van der Waals surface area contributed by atoms with Crippen molar-refractivity contribution in [2.75, 3.05) is 30.4 Å². The van der Waals surface area contributed by atoms with Gasteiger partial charge in [0.05, 0.1) is 41.9 Å². The van der Waals surface area contributed by atoms with Gasteiger partial charge in [0.1, 0.15) is 17.4 Å². The minimum atomic E-state index is -1.16. The van der Waals surface area contributed by atoms with Crippen molar-refractivity contribution in [3.63, 3.8) is 0 Å². The minimum Gasteiger partial charge on any atom is -0.494 e. The number of aliphatic hydroxyl groups is 1. The molecule has 3 aliphatic heterocycles. The fourth-order valence-electron chi connectivity index (χ4n) is 6.11. The number of β-amino-alcohol motifs (C(OH)–C–C–N with tert-alkyl or cyclic N) is 1. The molecule has 0 aliphatic carbocycles. The van der Waals surface area contributed by atoms with Gasteiger partial charge < -0.3 is 30.1 Å². The first-order valence-electron chi connectivity index (χ1n) is 12.5. The van der Waals surface area contributed by atoms with Gasteiger partial charge in [0, 0.05) is 12.2 Å². The fraction of sp³-hybridized carbons (Fsp3) is 0.444. The number of anilines is 2. The Morgan fingerprint density at radius 3 is 2.62 bits per heavy atom. The highest BCUT2D eigenvalue weighted by molar-refractivity contribution is 6.34. The normalized spacial score (nSPS) is 27.8. The monoisotopic (exact) mass is 527 g/mol. The summed E-state index contributed by atoms with van der Waals surface area (Å²) in [5.41, 5.74) is 0.656. The maximum atomic E-state index is 13.7. The van der Waals surface area contributed by atoms with Crippen molar-refractivity contribution >= 4 is 40.7 Å². The molecule has 5 atom stereocenters. The number of rotatable bonds is 8. The first-order chi connectivity index (χ1) is 17.8. The first-order valence-corrected chi connectivity index (χ1v) is 12.9. The summed E-state index contributed by atoms with van der Waals surface area (Å²) >= 11 is 6.34. The number of hydrogen-bond acceptors (Lipinski definition) is 6. The van der Waals surface area contributed by atoms with Crippen LogP contribution < -0.4 is 15.4 Å². The van der Waals surface area contributed by atoms with Crippen LogP contribution in [0.5, 0.6) is 5.75 Å². The van der Waals surface area contributed by atoms with Crippen LogP contribution in [-0.2, 0) is 19.1 Å². The van der Waals surface area contributed by atoms with E-state index in [-0.39, 0.29) is 25.0 Å². The van der Waals surface area contributed by atoms with E-state index in [0.717, 1.165) is 5.56 Å². The van der Waals surface area contributed by atoms with Crippen LogP contribution >= 0.6 is 11.6 Å². The summed E-state index contributed by atoms with van der Waals surface area (Å²) in [6.07, 6.45) is 0.528. The van der Waals surface area contributed by atoms with Crippen molar-refractivity contribution in [1.82, 2.24) is 4.90 Å². The van der Waals surface area contributed by atoms with Crippen LogP contribution in [0, 0.1) is 18.8 Å². The zero-order chi connectivity index (χ0) is 26.3. The number of benzene rings is 2. The summed E-state index contributed by atoms with van der Waals surface area (Å²) in [4.78, 5) is 42.2. The lowest BCUT2D eigenvalue weighted by atomic mass is 9.70. The zero-order valence-electron chi connectivity index (χ0n) is 20.7. The van der Waals surface area contributed by atoms with Gasteiger partial charge in [-0.2, -0.15) is 0 Å². The highest BCUT2D eigenvalue weighted by Gasteiger charge is 2.74. The lowest BCUT2D eigenvalue weighted by Gasteiger charge is -2.33. The van der Waals surface area contributed by atoms with Crippen molar-refractivity contribution in [2.45, 2.75) is 44.4 Å². The van der Waals surface area contributed by atoms with E-state index in [4.69, 9.17) is 21.1 Å². The molecule has 0 radical (unpaired) electrons. The van der Waals surface area contributed by atoms with E-state index in [2.05, 4.69) is 10.6 Å². The standard InChI is InChI=1S/C27H30ClN3O6/c1-3-36-17-9-7-16(8-10-17)29-24(33)20-19-11-12-27(37-19)21(20)26(35)31(13-14-32)23(27)25(34)30-22-15(2)5-4-6-18(22)28/h4-10,19-21,23,32H,3,11-14H2,1-2H3,(H,29,33)(H,30,34)/t19-,20+,21+,23?,27?/m1/s1. The number of halogens is 1. The Kier molecular flexibility index (Phi) is 6.87. The number of likely N-dealkylation sites (tertiary alicyclic amines) is 1. The summed E-state index contributed by atoms with van der Waals surface area (Å²) in [5, 5.41) is 15.9. The lowest BCUT2D eigenvalue weighted by molar-refractivity contribution is -0.140. The summed E-state index contributed by atoms with van der Waals surface area (Å²) in [7, 11) is 0. The molecule has 3 amide bonds. The van der Waals surface area contributed by atoms with E-state index in [1.807, 2.05) is 19.9 Å². The molecular formula is C27H30ClN3O6. The van der Waals surface area contributed by atoms with Crippen LogP contribution in [0.4, 0.5) is 11.4 Å². The first kappa shape index (κ1) is 25.5. The largest absolute Gasteiger partial charge is 0.494 e. The molecule has 3 aliphatic rings. The van der Waals surface area contributed by atoms with Crippen LogP contribution in [0.3, 0.4) is 0 Å². The Balaban J connectivity index is 1.42. The Labute approximate surface area is 220 Å². The van der Waals surface area contributed by atoms with E-state index in [1.54, 1.807) is 36.4 Å². The van der Waals surface area contributed by atoms with Crippen LogP contribution in [0.2, 0.25) is 5.02 Å². The molecule has 10 heteroatoms. The van der Waals surface area contributed by atoms with Crippen LogP contribution in [-0.4, -0.2) is 65.2 Å². The predicted octanol–water partition coefficient (Wildman–Crippen LogP) is 2.99. The second-order valence-corrected chi connectivity index (χ2v) is 10.1. The molecule has 0 saturated carbocycles. The third-order valence-corrected chi connectivity index (χ3v) is 7.91. The van der Waals surface area contributed by atoms with Gasteiger partial charge in [0.15, 0.2) is 0 Å². The van der Waals surface area contributed by atoms with Gasteiger partial charge in [-0.3, -0.25) is 14.4 Å². The number of ether oxygens (including phenoxy) is 2. The molecule has 5 rings (SSSR count). The van der Waals surface area contributed by atoms with Crippen molar-refractivity contribution in [3.05, 3.63) is 53.1 Å². The van der Waals surface area contributed by atoms with Crippen molar-refractivity contribution in [1.29, 1.82) is 0 Å². The predicted molar refractivity (Wildman–Crippen MR) is 137 cm³/mol. The summed E-state index contributed by atoms with van der Waals surface area (Å²) < 4.78 is 11.8. The third kappa shape index (κ3) is 4.24. The number of para-hydroxylation sites is 1. The quantitative estimate of drug-likeness (QED) is 0.486. The number of hydrogen-bond donors (Lipinski definition) is 3. The molecule has 1 spiro atoms. The minimum absolute atomic E-state index is 0.0437. The van der Waals surface area contributed by atoms with Crippen molar-refractivity contribution in [3.8, 4) is 5.75 Å². The number of nitrogens with one attached hydrogen (secondary N) is 2. The highest BCUT2D eigenvalue weighted by atomic mass is 35.5. The molecule has 2 aromatic carbocycles. The second kappa shape index (κ2) is 9.96.